The molecule has 0 atom stereocenters. The average Bonchev–Trinajstić information content (AvgIpc) is 2.02. The molecule has 0 unspecified atom stereocenters. The van der Waals surface area contributed by atoms with Gasteiger partial charge in [0.05, 0.1) is 5.60 Å². The quantitative estimate of drug-likeness (QED) is 0.714. The first-order valence-electron chi connectivity index (χ1n) is 4.15. The molecule has 0 bridgehead atoms. The number of hydrogen-bond donors (Lipinski definition) is 2. The number of aryl methyl sites for hydroxylation is 1. The van der Waals surface area contributed by atoms with Crippen molar-refractivity contribution in [1.29, 1.82) is 0 Å². The van der Waals surface area contributed by atoms with Crippen molar-refractivity contribution < 1.29 is 5.11 Å². The lowest BCUT2D eigenvalue weighted by molar-refractivity contribution is 0.0785. The van der Waals surface area contributed by atoms with Crippen molar-refractivity contribution >= 4 is 11.9 Å². The van der Waals surface area contributed by atoms with Crippen molar-refractivity contribution in [2.45, 2.75) is 31.3 Å². The number of nitrogens with two attached hydrogens (primary N) is 1. The normalized spacial score (nSPS) is 11.8. The summed E-state index contributed by atoms with van der Waals surface area (Å²) in [5, 5.41) is 15.2. The van der Waals surface area contributed by atoms with Crippen molar-refractivity contribution in [3.8, 4) is 0 Å². The highest BCUT2D eigenvalue weighted by molar-refractivity contribution is 7.97. The zero-order valence-corrected chi connectivity index (χ0v) is 8.98. The maximum Gasteiger partial charge on any atom is 0.0840 e. The van der Waals surface area contributed by atoms with Gasteiger partial charge in [-0.2, -0.15) is 0 Å². The predicted molar refractivity (Wildman–Crippen MR) is 56.5 cm³/mol. The number of aliphatic hydroxyl groups is 1. The van der Waals surface area contributed by atoms with Gasteiger partial charge >= 0.3 is 0 Å². The fourth-order valence-corrected chi connectivity index (χ4v) is 1.55. The van der Waals surface area contributed by atoms with Crippen molar-refractivity contribution in [3.05, 3.63) is 29.3 Å². The van der Waals surface area contributed by atoms with Gasteiger partial charge in [-0.3, -0.25) is 5.14 Å². The van der Waals surface area contributed by atoms with Crippen LogP contribution in [0.5, 0.6) is 0 Å². The van der Waals surface area contributed by atoms with Gasteiger partial charge < -0.3 is 5.11 Å². The zero-order valence-electron chi connectivity index (χ0n) is 8.16. The van der Waals surface area contributed by atoms with Crippen LogP contribution < -0.4 is 5.14 Å². The molecule has 0 saturated heterocycles. The van der Waals surface area contributed by atoms with Crippen LogP contribution in [0, 0.1) is 6.92 Å². The van der Waals surface area contributed by atoms with E-state index in [1.807, 2.05) is 25.1 Å². The average molecular weight is 197 g/mol. The van der Waals surface area contributed by atoms with E-state index in [4.69, 9.17) is 5.14 Å². The second-order valence-electron chi connectivity index (χ2n) is 3.66. The fraction of sp³-hybridized carbons (Fsp3) is 0.400. The summed E-state index contributed by atoms with van der Waals surface area (Å²) < 4.78 is 0. The molecule has 1 aromatic rings. The summed E-state index contributed by atoms with van der Waals surface area (Å²) in [5.74, 6) is 0. The summed E-state index contributed by atoms with van der Waals surface area (Å²) in [6.45, 7) is 5.54. The lowest BCUT2D eigenvalue weighted by atomic mass is 9.97. The van der Waals surface area contributed by atoms with E-state index in [9.17, 15) is 5.11 Å². The highest BCUT2D eigenvalue weighted by atomic mass is 32.2. The van der Waals surface area contributed by atoms with Crippen LogP contribution in [-0.4, -0.2) is 5.11 Å². The molecular formula is C10H15NOS. The first kappa shape index (κ1) is 10.6. The van der Waals surface area contributed by atoms with Crippen LogP contribution in [0.15, 0.2) is 23.1 Å². The maximum atomic E-state index is 9.74. The Morgan fingerprint density at radius 2 is 2.00 bits per heavy atom. The summed E-state index contributed by atoms with van der Waals surface area (Å²) in [5.41, 5.74) is 1.25. The molecule has 1 rings (SSSR count). The molecule has 0 aromatic heterocycles. The molecule has 1 aromatic carbocycles. The van der Waals surface area contributed by atoms with Crippen LogP contribution in [-0.2, 0) is 5.60 Å². The fourth-order valence-electron chi connectivity index (χ4n) is 1.16. The van der Waals surface area contributed by atoms with Gasteiger partial charge in [-0.05, 0) is 49.9 Å². The predicted octanol–water partition coefficient (Wildman–Crippen LogP) is 2.19. The largest absolute Gasteiger partial charge is 0.386 e. The lowest BCUT2D eigenvalue weighted by Crippen LogP contribution is -2.15. The third-order valence-corrected chi connectivity index (χ3v) is 2.72. The van der Waals surface area contributed by atoms with Crippen molar-refractivity contribution in [2.75, 3.05) is 0 Å². The van der Waals surface area contributed by atoms with Crippen LogP contribution in [0.1, 0.15) is 25.0 Å². The van der Waals surface area contributed by atoms with Gasteiger partial charge in [-0.15, -0.1) is 0 Å². The summed E-state index contributed by atoms with van der Waals surface area (Å²) >= 11 is 1.23. The first-order valence-corrected chi connectivity index (χ1v) is 5.03. The number of rotatable bonds is 2. The van der Waals surface area contributed by atoms with E-state index in [0.717, 1.165) is 16.0 Å². The molecule has 0 heterocycles. The molecule has 0 aliphatic carbocycles. The van der Waals surface area contributed by atoms with Crippen molar-refractivity contribution in [2.24, 2.45) is 5.14 Å². The number of benzene rings is 1. The molecule has 2 nitrogen and oxygen atoms in total. The third kappa shape index (κ3) is 2.46. The Morgan fingerprint density at radius 1 is 1.38 bits per heavy atom. The molecule has 0 aliphatic heterocycles. The van der Waals surface area contributed by atoms with Gasteiger partial charge in [0.25, 0.3) is 0 Å². The Balaban J connectivity index is 3.10. The first-order chi connectivity index (χ1) is 5.95. The SMILES string of the molecule is Cc1cc(C(C)(C)O)ccc1SN. The molecule has 3 N–H and O–H groups in total. The smallest absolute Gasteiger partial charge is 0.0840 e. The molecule has 72 valence electrons. The molecular weight excluding hydrogens is 182 g/mol. The topological polar surface area (TPSA) is 46.2 Å². The molecule has 0 fully saturated rings. The van der Waals surface area contributed by atoms with Crippen LogP contribution in [0.3, 0.4) is 0 Å². The van der Waals surface area contributed by atoms with E-state index < -0.39 is 5.60 Å². The Labute approximate surface area is 83.3 Å². The standard InChI is InChI=1S/C10H15NOS/c1-7-6-8(10(2,3)12)4-5-9(7)13-11/h4-6,12H,11H2,1-3H3. The van der Waals surface area contributed by atoms with Gasteiger partial charge in [-0.25, -0.2) is 0 Å². The van der Waals surface area contributed by atoms with Gasteiger partial charge in [0.15, 0.2) is 0 Å². The van der Waals surface area contributed by atoms with Crippen LogP contribution in [0.25, 0.3) is 0 Å². The highest BCUT2D eigenvalue weighted by Gasteiger charge is 2.16. The minimum Gasteiger partial charge on any atom is -0.386 e. The summed E-state index contributed by atoms with van der Waals surface area (Å²) in [4.78, 5) is 1.05. The van der Waals surface area contributed by atoms with Crippen LogP contribution in [0.4, 0.5) is 0 Å². The monoisotopic (exact) mass is 197 g/mol. The van der Waals surface area contributed by atoms with Crippen molar-refractivity contribution in [1.82, 2.24) is 0 Å². The van der Waals surface area contributed by atoms with E-state index in [2.05, 4.69) is 0 Å². The minimum absolute atomic E-state index is 0.775. The van der Waals surface area contributed by atoms with E-state index in [1.165, 1.54) is 11.9 Å². The van der Waals surface area contributed by atoms with Crippen LogP contribution >= 0.6 is 11.9 Å². The van der Waals surface area contributed by atoms with Gasteiger partial charge in [-0.1, -0.05) is 12.1 Å². The molecule has 3 heteroatoms. The summed E-state index contributed by atoms with van der Waals surface area (Å²) in [6.07, 6.45) is 0. The van der Waals surface area contributed by atoms with E-state index in [-0.39, 0.29) is 0 Å². The van der Waals surface area contributed by atoms with Crippen LogP contribution in [0.2, 0.25) is 0 Å². The Bertz CT molecular complexity index is 304. The van der Waals surface area contributed by atoms with E-state index in [1.54, 1.807) is 13.8 Å². The van der Waals surface area contributed by atoms with E-state index >= 15 is 0 Å². The van der Waals surface area contributed by atoms with E-state index in [0.29, 0.717) is 0 Å². The zero-order chi connectivity index (χ0) is 10.1. The Hall–Kier alpha value is -0.510. The van der Waals surface area contributed by atoms with Gasteiger partial charge in [0.2, 0.25) is 0 Å². The Kier molecular flexibility index (Phi) is 3.01. The molecule has 0 spiro atoms. The minimum atomic E-state index is -0.775. The van der Waals surface area contributed by atoms with Gasteiger partial charge in [0.1, 0.15) is 0 Å². The highest BCUT2D eigenvalue weighted by Crippen LogP contribution is 2.25. The summed E-state index contributed by atoms with van der Waals surface area (Å²) in [6, 6.07) is 5.81. The van der Waals surface area contributed by atoms with Crippen molar-refractivity contribution in [3.63, 3.8) is 0 Å². The maximum absolute atomic E-state index is 9.74. The molecule has 0 amide bonds. The second-order valence-corrected chi connectivity index (χ2v) is 4.33. The molecule has 13 heavy (non-hydrogen) atoms. The number of hydrogen-bond acceptors (Lipinski definition) is 3. The molecule has 0 aliphatic rings. The second kappa shape index (κ2) is 3.70. The third-order valence-electron chi connectivity index (χ3n) is 2.01. The summed E-state index contributed by atoms with van der Waals surface area (Å²) in [7, 11) is 0. The molecule has 0 saturated carbocycles. The molecule has 0 radical (unpaired) electrons. The Morgan fingerprint density at radius 3 is 2.38 bits per heavy atom. The lowest BCUT2D eigenvalue weighted by Gasteiger charge is -2.18. The van der Waals surface area contributed by atoms with Gasteiger partial charge in [0, 0.05) is 4.90 Å².